The molecule has 0 unspecified atom stereocenters. The van der Waals surface area contributed by atoms with Crippen LogP contribution in [-0.2, 0) is 20.8 Å². The zero-order valence-corrected chi connectivity index (χ0v) is 14.4. The highest BCUT2D eigenvalue weighted by Crippen LogP contribution is 2.17. The van der Waals surface area contributed by atoms with Gasteiger partial charge in [-0.2, -0.15) is 0 Å². The number of carboxylic acids is 1. The second kappa shape index (κ2) is 9.36. The van der Waals surface area contributed by atoms with E-state index in [9.17, 15) is 14.4 Å². The normalized spacial score (nSPS) is 11.5. The molecule has 6 nitrogen and oxygen atoms in total. The Morgan fingerprint density at radius 2 is 1.85 bits per heavy atom. The smallest absolute Gasteiger partial charge is 0.322 e. The number of hydrogen-bond donors (Lipinski definition) is 3. The molecular formula is C20H22N2O4. The number of amides is 2. The first-order chi connectivity index (χ1) is 12.5. The quantitative estimate of drug-likeness (QED) is 0.601. The van der Waals surface area contributed by atoms with Gasteiger partial charge in [-0.1, -0.05) is 48.5 Å². The van der Waals surface area contributed by atoms with Crippen LogP contribution in [0.2, 0.25) is 0 Å². The van der Waals surface area contributed by atoms with Crippen LogP contribution in [0.1, 0.15) is 18.4 Å². The SMILES string of the molecule is C=CCCC(=O)N[C@@H](Cc1ccc2ccccc2c1)C(=O)NCC(=O)O. The van der Waals surface area contributed by atoms with Crippen LogP contribution in [0.25, 0.3) is 10.8 Å². The van der Waals surface area contributed by atoms with Crippen LogP contribution in [0.5, 0.6) is 0 Å². The molecule has 0 heterocycles. The van der Waals surface area contributed by atoms with Crippen molar-refractivity contribution in [3.05, 3.63) is 60.7 Å². The molecule has 0 fully saturated rings. The van der Waals surface area contributed by atoms with Crippen molar-refractivity contribution in [2.75, 3.05) is 6.54 Å². The van der Waals surface area contributed by atoms with Gasteiger partial charge in [-0.15, -0.1) is 6.58 Å². The van der Waals surface area contributed by atoms with Crippen molar-refractivity contribution in [3.8, 4) is 0 Å². The zero-order valence-electron chi connectivity index (χ0n) is 14.4. The van der Waals surface area contributed by atoms with Crippen molar-refractivity contribution in [1.29, 1.82) is 0 Å². The first kappa shape index (κ1) is 19.2. The molecule has 2 rings (SSSR count). The van der Waals surface area contributed by atoms with Gasteiger partial charge in [0.2, 0.25) is 11.8 Å². The molecule has 1 atom stereocenters. The number of fused-ring (bicyclic) bond motifs is 1. The Labute approximate surface area is 151 Å². The van der Waals surface area contributed by atoms with E-state index in [0.717, 1.165) is 16.3 Å². The van der Waals surface area contributed by atoms with Gasteiger partial charge in [0.15, 0.2) is 0 Å². The maximum absolute atomic E-state index is 12.3. The molecule has 0 radical (unpaired) electrons. The largest absolute Gasteiger partial charge is 0.480 e. The Kier molecular flexibility index (Phi) is 6.91. The minimum Gasteiger partial charge on any atom is -0.480 e. The van der Waals surface area contributed by atoms with Crippen LogP contribution < -0.4 is 10.6 Å². The van der Waals surface area contributed by atoms with Crippen LogP contribution in [0, 0.1) is 0 Å². The number of benzene rings is 2. The third-order valence-electron chi connectivity index (χ3n) is 3.89. The number of nitrogens with one attached hydrogen (secondary N) is 2. The maximum atomic E-state index is 12.3. The summed E-state index contributed by atoms with van der Waals surface area (Å²) in [5, 5.41) is 15.9. The molecule has 0 aliphatic rings. The molecule has 136 valence electrons. The minimum absolute atomic E-state index is 0.226. The Hall–Kier alpha value is -3.15. The minimum atomic E-state index is -1.14. The van der Waals surface area contributed by atoms with E-state index in [0.29, 0.717) is 6.42 Å². The third kappa shape index (κ3) is 5.73. The number of rotatable bonds is 9. The molecule has 0 saturated heterocycles. The topological polar surface area (TPSA) is 95.5 Å². The summed E-state index contributed by atoms with van der Waals surface area (Å²) >= 11 is 0. The van der Waals surface area contributed by atoms with Crippen molar-refractivity contribution in [2.45, 2.75) is 25.3 Å². The predicted molar refractivity (Wildman–Crippen MR) is 99.7 cm³/mol. The van der Waals surface area contributed by atoms with Gasteiger partial charge in [-0.05, 0) is 22.8 Å². The van der Waals surface area contributed by atoms with E-state index < -0.39 is 24.5 Å². The number of hydrogen-bond acceptors (Lipinski definition) is 3. The van der Waals surface area contributed by atoms with Gasteiger partial charge >= 0.3 is 5.97 Å². The highest BCUT2D eigenvalue weighted by Gasteiger charge is 2.21. The Bertz CT molecular complexity index is 816. The molecule has 26 heavy (non-hydrogen) atoms. The number of allylic oxidation sites excluding steroid dienone is 1. The van der Waals surface area contributed by atoms with E-state index >= 15 is 0 Å². The van der Waals surface area contributed by atoms with E-state index in [1.807, 2.05) is 42.5 Å². The molecule has 0 saturated carbocycles. The van der Waals surface area contributed by atoms with Crippen molar-refractivity contribution in [1.82, 2.24) is 10.6 Å². The van der Waals surface area contributed by atoms with Gasteiger partial charge in [0.1, 0.15) is 12.6 Å². The van der Waals surface area contributed by atoms with Gasteiger partial charge < -0.3 is 15.7 Å². The fourth-order valence-corrected chi connectivity index (χ4v) is 2.60. The highest BCUT2D eigenvalue weighted by atomic mass is 16.4. The molecule has 0 aliphatic heterocycles. The third-order valence-corrected chi connectivity index (χ3v) is 3.89. The summed E-state index contributed by atoms with van der Waals surface area (Å²) in [5.74, 6) is -1.94. The molecule has 2 amide bonds. The van der Waals surface area contributed by atoms with Crippen LogP contribution in [0.15, 0.2) is 55.1 Å². The molecule has 0 spiro atoms. The second-order valence-corrected chi connectivity index (χ2v) is 5.94. The molecule has 2 aromatic rings. The molecule has 6 heteroatoms. The summed E-state index contributed by atoms with van der Waals surface area (Å²) < 4.78 is 0. The number of carbonyl (C=O) groups excluding carboxylic acids is 2. The molecule has 0 bridgehead atoms. The Balaban J connectivity index is 2.14. The highest BCUT2D eigenvalue weighted by molar-refractivity contribution is 5.90. The Morgan fingerprint density at radius 3 is 2.54 bits per heavy atom. The number of carboxylic acid groups (broad SMARTS) is 1. The molecule has 3 N–H and O–H groups in total. The molecule has 0 aliphatic carbocycles. The first-order valence-electron chi connectivity index (χ1n) is 8.37. The lowest BCUT2D eigenvalue weighted by Gasteiger charge is -2.18. The summed E-state index contributed by atoms with van der Waals surface area (Å²) in [6, 6.07) is 12.8. The standard InChI is InChI=1S/C20H22N2O4/c1-2-3-8-18(23)22-17(20(26)21-13-19(24)25)12-14-9-10-15-6-4-5-7-16(15)11-14/h2,4-7,9-11,17H,1,3,8,12-13H2,(H,21,26)(H,22,23)(H,24,25)/t17-/m0/s1. The summed E-state index contributed by atoms with van der Waals surface area (Å²) in [7, 11) is 0. The van der Waals surface area contributed by atoms with Crippen LogP contribution in [0.3, 0.4) is 0 Å². The summed E-state index contributed by atoms with van der Waals surface area (Å²) in [6.07, 6.45) is 2.63. The van der Waals surface area contributed by atoms with Crippen molar-refractivity contribution in [3.63, 3.8) is 0 Å². The van der Waals surface area contributed by atoms with Gasteiger partial charge in [0, 0.05) is 12.8 Å². The fraction of sp³-hybridized carbons (Fsp3) is 0.250. The lowest BCUT2D eigenvalue weighted by molar-refractivity contribution is -0.138. The molecular weight excluding hydrogens is 332 g/mol. The van der Waals surface area contributed by atoms with Gasteiger partial charge in [0.05, 0.1) is 0 Å². The fourth-order valence-electron chi connectivity index (χ4n) is 2.60. The van der Waals surface area contributed by atoms with Gasteiger partial charge in [-0.3, -0.25) is 14.4 Å². The second-order valence-electron chi connectivity index (χ2n) is 5.94. The lowest BCUT2D eigenvalue weighted by Crippen LogP contribution is -2.49. The van der Waals surface area contributed by atoms with Gasteiger partial charge in [-0.25, -0.2) is 0 Å². The maximum Gasteiger partial charge on any atom is 0.322 e. The van der Waals surface area contributed by atoms with Crippen LogP contribution in [-0.4, -0.2) is 35.5 Å². The van der Waals surface area contributed by atoms with Crippen LogP contribution in [0.4, 0.5) is 0 Å². The predicted octanol–water partition coefficient (Wildman–Crippen LogP) is 2.03. The van der Waals surface area contributed by atoms with E-state index in [-0.39, 0.29) is 18.7 Å². The monoisotopic (exact) mass is 354 g/mol. The zero-order chi connectivity index (χ0) is 18.9. The van der Waals surface area contributed by atoms with E-state index in [1.54, 1.807) is 6.08 Å². The number of aliphatic carboxylic acids is 1. The van der Waals surface area contributed by atoms with Gasteiger partial charge in [0.25, 0.3) is 0 Å². The van der Waals surface area contributed by atoms with E-state index in [1.165, 1.54) is 0 Å². The van der Waals surface area contributed by atoms with Crippen LogP contribution >= 0.6 is 0 Å². The van der Waals surface area contributed by atoms with Crippen molar-refractivity contribution in [2.24, 2.45) is 0 Å². The number of carbonyl (C=O) groups is 3. The average molecular weight is 354 g/mol. The average Bonchev–Trinajstić information content (AvgIpc) is 2.63. The first-order valence-corrected chi connectivity index (χ1v) is 8.37. The molecule has 0 aromatic heterocycles. The summed E-state index contributed by atoms with van der Waals surface area (Å²) in [6.45, 7) is 3.08. The van der Waals surface area contributed by atoms with Crippen molar-refractivity contribution < 1.29 is 19.5 Å². The summed E-state index contributed by atoms with van der Waals surface area (Å²) in [4.78, 5) is 35.0. The Morgan fingerprint density at radius 1 is 1.12 bits per heavy atom. The molecule has 2 aromatic carbocycles. The summed E-state index contributed by atoms with van der Waals surface area (Å²) in [5.41, 5.74) is 0.878. The van der Waals surface area contributed by atoms with Crippen molar-refractivity contribution >= 4 is 28.6 Å². The van der Waals surface area contributed by atoms with E-state index in [2.05, 4.69) is 17.2 Å². The van der Waals surface area contributed by atoms with E-state index in [4.69, 9.17) is 5.11 Å². The lowest BCUT2D eigenvalue weighted by atomic mass is 10.0.